The number of nitrogens with two attached hydrogens (primary N) is 1. The number of nitriles is 1. The molecule has 0 aliphatic heterocycles. The van der Waals surface area contributed by atoms with Crippen LogP contribution in [0.2, 0.25) is 0 Å². The van der Waals surface area contributed by atoms with Crippen LogP contribution in [-0.2, 0) is 0 Å². The zero-order chi connectivity index (χ0) is 24.2. The summed E-state index contributed by atoms with van der Waals surface area (Å²) in [6, 6.07) is 39.5. The van der Waals surface area contributed by atoms with E-state index in [1.807, 2.05) is 103 Å². The highest BCUT2D eigenvalue weighted by atomic mass is 14.9. The summed E-state index contributed by atoms with van der Waals surface area (Å²) in [7, 11) is 0. The number of aliphatic imine (C=N–C) groups is 1. The maximum atomic E-state index is 9.49. The number of rotatable bonds is 4. The Kier molecular flexibility index (Phi) is 5.90. The van der Waals surface area contributed by atoms with Crippen LogP contribution < -0.4 is 5.73 Å². The number of benzene rings is 5. The molecule has 0 spiro atoms. The van der Waals surface area contributed by atoms with Gasteiger partial charge in [0.25, 0.3) is 0 Å². The summed E-state index contributed by atoms with van der Waals surface area (Å²) in [6.07, 6.45) is 0. The molecule has 0 heterocycles. The molecule has 0 fully saturated rings. The van der Waals surface area contributed by atoms with Gasteiger partial charge in [0.1, 0.15) is 5.84 Å². The van der Waals surface area contributed by atoms with E-state index in [1.165, 1.54) is 0 Å². The predicted molar refractivity (Wildman–Crippen MR) is 144 cm³/mol. The molecule has 5 aromatic rings. The lowest BCUT2D eigenvalue weighted by Gasteiger charge is -2.14. The lowest BCUT2D eigenvalue weighted by molar-refractivity contribution is 1.40. The Hall–Kier alpha value is -5.01. The number of nitrogens with zero attached hydrogens (tertiary/aromatic N) is 2. The van der Waals surface area contributed by atoms with Crippen molar-refractivity contribution >= 4 is 22.4 Å². The molecule has 5 aromatic carbocycles. The highest BCUT2D eigenvalue weighted by molar-refractivity contribution is 6.16. The number of fused-ring (bicyclic) bond motifs is 1. The minimum atomic E-state index is 0.116. The van der Waals surface area contributed by atoms with E-state index < -0.39 is 0 Å². The Morgan fingerprint density at radius 2 is 1.37 bits per heavy atom. The second-order valence-corrected chi connectivity index (χ2v) is 8.16. The van der Waals surface area contributed by atoms with Gasteiger partial charge >= 0.3 is 0 Å². The van der Waals surface area contributed by atoms with Crippen LogP contribution in [0.15, 0.2) is 120 Å². The summed E-state index contributed by atoms with van der Waals surface area (Å²) in [5, 5.41) is 20.1. The Balaban J connectivity index is 1.63. The Morgan fingerprint density at radius 3 is 2.14 bits per heavy atom. The molecule has 0 bridgehead atoms. The van der Waals surface area contributed by atoms with Crippen molar-refractivity contribution in [2.24, 2.45) is 10.7 Å². The number of hydrogen-bond acceptors (Lipinski definition) is 2. The first-order valence-electron chi connectivity index (χ1n) is 11.3. The van der Waals surface area contributed by atoms with Gasteiger partial charge in [0, 0.05) is 16.7 Å². The van der Waals surface area contributed by atoms with Crippen molar-refractivity contribution in [2.75, 3.05) is 0 Å². The molecule has 0 unspecified atom stereocenters. The molecule has 0 saturated carbocycles. The minimum absolute atomic E-state index is 0.116. The second-order valence-electron chi connectivity index (χ2n) is 8.16. The van der Waals surface area contributed by atoms with Gasteiger partial charge in [-0.3, -0.25) is 5.41 Å². The summed E-state index contributed by atoms with van der Waals surface area (Å²) < 4.78 is 0. The SMILES string of the molecule is N#Cc1ccccc1-c1ccc(-c2c(C(N)=NC(=N)c3ccccc3)ccc3ccccc23)cc1. The fourth-order valence-electron chi connectivity index (χ4n) is 4.29. The highest BCUT2D eigenvalue weighted by Crippen LogP contribution is 2.34. The fraction of sp³-hybridized carbons (Fsp3) is 0. The van der Waals surface area contributed by atoms with E-state index in [1.54, 1.807) is 0 Å². The first kappa shape index (κ1) is 21.8. The molecule has 35 heavy (non-hydrogen) atoms. The van der Waals surface area contributed by atoms with Gasteiger partial charge in [-0.2, -0.15) is 5.26 Å². The van der Waals surface area contributed by atoms with Crippen molar-refractivity contribution in [1.82, 2.24) is 0 Å². The van der Waals surface area contributed by atoms with Crippen LogP contribution in [0, 0.1) is 16.7 Å². The average Bonchev–Trinajstić information content (AvgIpc) is 2.93. The smallest absolute Gasteiger partial charge is 0.154 e. The molecule has 4 heteroatoms. The molecule has 166 valence electrons. The van der Waals surface area contributed by atoms with E-state index in [9.17, 15) is 5.26 Å². The Bertz CT molecular complexity index is 1610. The fourth-order valence-corrected chi connectivity index (χ4v) is 4.29. The Labute approximate surface area is 204 Å². The lowest BCUT2D eigenvalue weighted by Crippen LogP contribution is -2.17. The van der Waals surface area contributed by atoms with E-state index in [-0.39, 0.29) is 5.84 Å². The van der Waals surface area contributed by atoms with Crippen LogP contribution in [-0.4, -0.2) is 11.7 Å². The molecule has 5 rings (SSSR count). The van der Waals surface area contributed by atoms with Crippen molar-refractivity contribution in [1.29, 1.82) is 10.7 Å². The van der Waals surface area contributed by atoms with Gasteiger partial charge in [-0.1, -0.05) is 109 Å². The zero-order valence-corrected chi connectivity index (χ0v) is 18.9. The first-order valence-corrected chi connectivity index (χ1v) is 11.3. The van der Waals surface area contributed by atoms with Crippen molar-refractivity contribution in [2.45, 2.75) is 0 Å². The molecule has 0 saturated heterocycles. The third-order valence-corrected chi connectivity index (χ3v) is 6.02. The van der Waals surface area contributed by atoms with Crippen molar-refractivity contribution in [3.05, 3.63) is 132 Å². The predicted octanol–water partition coefficient (Wildman–Crippen LogP) is 6.78. The quantitative estimate of drug-likeness (QED) is 0.234. The largest absolute Gasteiger partial charge is 0.383 e. The van der Waals surface area contributed by atoms with Crippen molar-refractivity contribution < 1.29 is 0 Å². The maximum Gasteiger partial charge on any atom is 0.154 e. The van der Waals surface area contributed by atoms with Crippen molar-refractivity contribution in [3.8, 4) is 28.3 Å². The van der Waals surface area contributed by atoms with E-state index in [4.69, 9.17) is 11.1 Å². The molecule has 0 aliphatic carbocycles. The zero-order valence-electron chi connectivity index (χ0n) is 18.9. The monoisotopic (exact) mass is 450 g/mol. The van der Waals surface area contributed by atoms with Gasteiger partial charge in [0.05, 0.1) is 11.6 Å². The first-order chi connectivity index (χ1) is 17.2. The molecule has 0 radical (unpaired) electrons. The van der Waals surface area contributed by atoms with E-state index in [0.29, 0.717) is 17.0 Å². The topological polar surface area (TPSA) is 86.0 Å². The molecule has 3 N–H and O–H groups in total. The summed E-state index contributed by atoms with van der Waals surface area (Å²) in [5.41, 5.74) is 12.4. The van der Waals surface area contributed by atoms with Gasteiger partial charge in [-0.25, -0.2) is 4.99 Å². The van der Waals surface area contributed by atoms with Gasteiger partial charge < -0.3 is 5.73 Å². The summed E-state index contributed by atoms with van der Waals surface area (Å²) in [4.78, 5) is 4.44. The maximum absolute atomic E-state index is 9.49. The third-order valence-electron chi connectivity index (χ3n) is 6.02. The molecule has 0 aliphatic rings. The van der Waals surface area contributed by atoms with E-state index in [0.717, 1.165) is 38.6 Å². The van der Waals surface area contributed by atoms with Crippen LogP contribution in [0.25, 0.3) is 33.0 Å². The highest BCUT2D eigenvalue weighted by Gasteiger charge is 2.14. The van der Waals surface area contributed by atoms with Gasteiger partial charge in [-0.15, -0.1) is 0 Å². The summed E-state index contributed by atoms with van der Waals surface area (Å²) >= 11 is 0. The van der Waals surface area contributed by atoms with Gasteiger partial charge in [0.2, 0.25) is 0 Å². The third kappa shape index (κ3) is 4.31. The molecule has 0 aromatic heterocycles. The van der Waals surface area contributed by atoms with Crippen LogP contribution in [0.1, 0.15) is 16.7 Å². The molecular formula is C31H22N4. The number of amidine groups is 2. The Morgan fingerprint density at radius 1 is 0.714 bits per heavy atom. The summed E-state index contributed by atoms with van der Waals surface area (Å²) in [6.45, 7) is 0. The van der Waals surface area contributed by atoms with Crippen LogP contribution in [0.4, 0.5) is 0 Å². The number of hydrogen-bond donors (Lipinski definition) is 2. The van der Waals surface area contributed by atoms with Gasteiger partial charge in [0.15, 0.2) is 5.84 Å². The minimum Gasteiger partial charge on any atom is -0.383 e. The van der Waals surface area contributed by atoms with E-state index in [2.05, 4.69) is 23.2 Å². The van der Waals surface area contributed by atoms with Crippen LogP contribution >= 0.6 is 0 Å². The van der Waals surface area contributed by atoms with Crippen molar-refractivity contribution in [3.63, 3.8) is 0 Å². The molecule has 0 amide bonds. The standard InChI is InChI=1S/C31H22N4/c32-20-25-11-5-6-12-26(25)22-14-16-23(17-15-22)29-27-13-7-4-8-21(27)18-19-28(29)31(34)35-30(33)24-9-2-1-3-10-24/h1-19H,(H3,33,34,35). The van der Waals surface area contributed by atoms with Gasteiger partial charge in [-0.05, 0) is 33.5 Å². The molecular weight excluding hydrogens is 428 g/mol. The van der Waals surface area contributed by atoms with Crippen LogP contribution in [0.3, 0.4) is 0 Å². The number of nitrogens with one attached hydrogen (secondary N) is 1. The normalized spacial score (nSPS) is 11.2. The van der Waals surface area contributed by atoms with Crippen LogP contribution in [0.5, 0.6) is 0 Å². The average molecular weight is 451 g/mol. The van der Waals surface area contributed by atoms with E-state index >= 15 is 0 Å². The summed E-state index contributed by atoms with van der Waals surface area (Å²) in [5.74, 6) is 0.407. The second kappa shape index (κ2) is 9.46. The molecule has 4 nitrogen and oxygen atoms in total. The molecule has 0 atom stereocenters. The lowest BCUT2D eigenvalue weighted by atomic mass is 9.91.